The van der Waals surface area contributed by atoms with Crippen LogP contribution in [0.4, 0.5) is 0 Å². The van der Waals surface area contributed by atoms with Crippen molar-refractivity contribution in [2.75, 3.05) is 0 Å². The molecule has 1 heterocycles. The van der Waals surface area contributed by atoms with Gasteiger partial charge in [-0.05, 0) is 49.4 Å². The Morgan fingerprint density at radius 1 is 1.25 bits per heavy atom. The topological polar surface area (TPSA) is 97.8 Å². The first-order valence-electron chi connectivity index (χ1n) is 10.1. The first-order valence-corrected chi connectivity index (χ1v) is 10.1. The molecule has 3 N–H and O–H groups in total. The van der Waals surface area contributed by atoms with Crippen LogP contribution in [0.3, 0.4) is 0 Å². The Hall–Kier alpha value is -2.81. The van der Waals surface area contributed by atoms with Crippen molar-refractivity contribution in [3.63, 3.8) is 0 Å². The molecule has 1 aromatic heterocycles. The summed E-state index contributed by atoms with van der Waals surface area (Å²) in [6.07, 6.45) is 5.92. The Kier molecular flexibility index (Phi) is 6.35. The molecule has 3 atom stereocenters. The average Bonchev–Trinajstić information content (AvgIpc) is 3.15. The van der Waals surface area contributed by atoms with Gasteiger partial charge in [0.15, 0.2) is 0 Å². The van der Waals surface area contributed by atoms with Gasteiger partial charge in [0, 0.05) is 28.7 Å². The van der Waals surface area contributed by atoms with Gasteiger partial charge in [-0.2, -0.15) is 5.26 Å². The third-order valence-corrected chi connectivity index (χ3v) is 5.41. The molecule has 0 aliphatic heterocycles. The van der Waals surface area contributed by atoms with Gasteiger partial charge in [0.05, 0.1) is 12.0 Å². The van der Waals surface area contributed by atoms with Crippen molar-refractivity contribution in [1.29, 1.82) is 5.26 Å². The van der Waals surface area contributed by atoms with E-state index in [0.29, 0.717) is 17.9 Å². The summed E-state index contributed by atoms with van der Waals surface area (Å²) < 4.78 is 0. The zero-order valence-corrected chi connectivity index (χ0v) is 16.5. The molecule has 3 unspecified atom stereocenters. The molecule has 28 heavy (non-hydrogen) atoms. The number of fused-ring (bicyclic) bond motifs is 1. The van der Waals surface area contributed by atoms with E-state index in [1.54, 1.807) is 6.07 Å². The average molecular weight is 380 g/mol. The number of aromatic amines is 1. The van der Waals surface area contributed by atoms with E-state index in [2.05, 4.69) is 21.7 Å². The summed E-state index contributed by atoms with van der Waals surface area (Å²) in [7, 11) is 0. The van der Waals surface area contributed by atoms with Gasteiger partial charge < -0.3 is 15.6 Å². The van der Waals surface area contributed by atoms with Crippen molar-refractivity contribution in [2.45, 2.75) is 58.0 Å². The number of hydrogen-bond acceptors (Lipinski definition) is 3. The van der Waals surface area contributed by atoms with Crippen molar-refractivity contribution in [3.8, 4) is 6.07 Å². The zero-order valence-electron chi connectivity index (χ0n) is 16.5. The van der Waals surface area contributed by atoms with Crippen LogP contribution < -0.4 is 10.6 Å². The van der Waals surface area contributed by atoms with E-state index in [4.69, 9.17) is 0 Å². The molecular formula is C22H28N4O2. The molecule has 3 rings (SSSR count). The number of H-pyrrole nitrogens is 1. The summed E-state index contributed by atoms with van der Waals surface area (Å²) in [5.74, 6) is -0.253. The third-order valence-electron chi connectivity index (χ3n) is 5.41. The highest BCUT2D eigenvalue weighted by molar-refractivity contribution is 5.98. The number of carbonyl (C=O) groups excluding carboxylic acids is 2. The van der Waals surface area contributed by atoms with Gasteiger partial charge in [0.2, 0.25) is 5.91 Å². The second-order valence-electron chi connectivity index (χ2n) is 8.07. The number of nitrogens with zero attached hydrogens (tertiary/aromatic N) is 1. The van der Waals surface area contributed by atoms with Crippen LogP contribution in [0.1, 0.15) is 56.3 Å². The zero-order chi connectivity index (χ0) is 20.1. The highest BCUT2D eigenvalue weighted by Gasteiger charge is 2.33. The Morgan fingerprint density at radius 3 is 2.79 bits per heavy atom. The van der Waals surface area contributed by atoms with E-state index in [1.165, 1.54) is 0 Å². The Labute approximate surface area is 165 Å². The predicted octanol–water partition coefficient (Wildman–Crippen LogP) is 3.51. The van der Waals surface area contributed by atoms with E-state index in [0.717, 1.165) is 36.6 Å². The van der Waals surface area contributed by atoms with Crippen molar-refractivity contribution < 1.29 is 9.59 Å². The number of amides is 2. The molecule has 0 radical (unpaired) electrons. The summed E-state index contributed by atoms with van der Waals surface area (Å²) in [5.41, 5.74) is 1.57. The number of nitrogens with one attached hydrogen (secondary N) is 3. The summed E-state index contributed by atoms with van der Waals surface area (Å²) in [6, 6.07) is 8.95. The van der Waals surface area contributed by atoms with Gasteiger partial charge in [0.1, 0.15) is 6.04 Å². The predicted molar refractivity (Wildman–Crippen MR) is 109 cm³/mol. The third kappa shape index (κ3) is 4.72. The fraction of sp³-hybridized carbons (Fsp3) is 0.500. The number of aromatic nitrogens is 1. The number of rotatable bonds is 6. The molecular weight excluding hydrogens is 352 g/mol. The first-order chi connectivity index (χ1) is 13.5. The largest absolute Gasteiger partial charge is 0.361 e. The molecule has 1 aliphatic carbocycles. The monoisotopic (exact) mass is 380 g/mol. The minimum Gasteiger partial charge on any atom is -0.361 e. The molecule has 2 aromatic rings. The van der Waals surface area contributed by atoms with Crippen molar-refractivity contribution in [2.24, 2.45) is 11.8 Å². The van der Waals surface area contributed by atoms with Crippen LogP contribution in [0, 0.1) is 23.2 Å². The summed E-state index contributed by atoms with van der Waals surface area (Å²) >= 11 is 0. The van der Waals surface area contributed by atoms with E-state index >= 15 is 0 Å². The van der Waals surface area contributed by atoms with Gasteiger partial charge >= 0.3 is 0 Å². The van der Waals surface area contributed by atoms with Crippen LogP contribution in [-0.2, 0) is 4.79 Å². The summed E-state index contributed by atoms with van der Waals surface area (Å²) in [5, 5.41) is 16.2. The molecule has 148 valence electrons. The van der Waals surface area contributed by atoms with Crippen LogP contribution in [-0.4, -0.2) is 28.9 Å². The maximum absolute atomic E-state index is 12.8. The lowest BCUT2D eigenvalue weighted by Gasteiger charge is -2.32. The Bertz CT molecular complexity index is 880. The molecule has 0 spiro atoms. The molecule has 0 saturated heterocycles. The Morgan fingerprint density at radius 2 is 2.04 bits per heavy atom. The number of carbonyl (C=O) groups is 2. The smallest absolute Gasteiger partial charge is 0.251 e. The highest BCUT2D eigenvalue weighted by Crippen LogP contribution is 2.26. The van der Waals surface area contributed by atoms with Crippen LogP contribution in [0.25, 0.3) is 10.9 Å². The van der Waals surface area contributed by atoms with Crippen LogP contribution in [0.2, 0.25) is 0 Å². The second-order valence-corrected chi connectivity index (χ2v) is 8.07. The van der Waals surface area contributed by atoms with Crippen LogP contribution in [0.5, 0.6) is 0 Å². The molecule has 6 heteroatoms. The molecule has 2 amide bonds. The van der Waals surface area contributed by atoms with Crippen LogP contribution in [0.15, 0.2) is 30.5 Å². The molecule has 1 aromatic carbocycles. The van der Waals surface area contributed by atoms with E-state index < -0.39 is 6.04 Å². The summed E-state index contributed by atoms with van der Waals surface area (Å²) in [4.78, 5) is 28.7. The molecule has 1 aliphatic rings. The fourth-order valence-corrected chi connectivity index (χ4v) is 3.96. The normalized spacial score (nSPS) is 20.5. The van der Waals surface area contributed by atoms with Crippen molar-refractivity contribution in [1.82, 2.24) is 15.6 Å². The molecule has 6 nitrogen and oxygen atoms in total. The lowest BCUT2D eigenvalue weighted by molar-refractivity contribution is -0.127. The SMILES string of the molecule is CC(C)CC(C#N)NC(=O)C1CCCCC1NC(=O)c1ccc2[nH]ccc2c1. The molecule has 1 fully saturated rings. The van der Waals surface area contributed by atoms with Crippen molar-refractivity contribution in [3.05, 3.63) is 36.0 Å². The minimum atomic E-state index is -0.484. The van der Waals surface area contributed by atoms with Crippen molar-refractivity contribution >= 4 is 22.7 Å². The number of nitriles is 1. The van der Waals surface area contributed by atoms with E-state index in [-0.39, 0.29) is 23.8 Å². The Balaban J connectivity index is 1.67. The molecule has 0 bridgehead atoms. The number of hydrogen-bond donors (Lipinski definition) is 3. The van der Waals surface area contributed by atoms with E-state index in [9.17, 15) is 14.9 Å². The lowest BCUT2D eigenvalue weighted by atomic mass is 9.83. The van der Waals surface area contributed by atoms with E-state index in [1.807, 2.05) is 38.2 Å². The standard InChI is InChI=1S/C22H28N4O2/c1-14(2)11-17(13-23)25-22(28)18-5-3-4-6-20(18)26-21(27)16-7-8-19-15(12-16)9-10-24-19/h7-10,12,14,17-18,20,24H,3-6,11H2,1-2H3,(H,25,28)(H,26,27). The number of benzene rings is 1. The van der Waals surface area contributed by atoms with Gasteiger partial charge in [-0.25, -0.2) is 0 Å². The van der Waals surface area contributed by atoms with Gasteiger partial charge in [-0.1, -0.05) is 26.7 Å². The fourth-order valence-electron chi connectivity index (χ4n) is 3.96. The summed E-state index contributed by atoms with van der Waals surface area (Å²) in [6.45, 7) is 4.06. The van der Waals surface area contributed by atoms with Gasteiger partial charge in [-0.15, -0.1) is 0 Å². The molecule has 1 saturated carbocycles. The maximum Gasteiger partial charge on any atom is 0.251 e. The van der Waals surface area contributed by atoms with Crippen LogP contribution >= 0.6 is 0 Å². The second kappa shape index (κ2) is 8.92. The highest BCUT2D eigenvalue weighted by atomic mass is 16.2. The quantitative estimate of drug-likeness (QED) is 0.715. The minimum absolute atomic E-state index is 0.127. The van der Waals surface area contributed by atoms with Gasteiger partial charge in [-0.3, -0.25) is 9.59 Å². The lowest BCUT2D eigenvalue weighted by Crippen LogP contribution is -2.50. The first kappa shape index (κ1) is 19.9. The van der Waals surface area contributed by atoms with Gasteiger partial charge in [0.25, 0.3) is 5.91 Å². The maximum atomic E-state index is 12.8.